The lowest BCUT2D eigenvalue weighted by Crippen LogP contribution is -2.39. The van der Waals surface area contributed by atoms with E-state index in [1.165, 1.54) is 5.56 Å². The molecular weight excluding hydrogens is 210 g/mol. The largest absolute Gasteiger partial charge is 0.334 e. The van der Waals surface area contributed by atoms with Gasteiger partial charge in [-0.05, 0) is 25.5 Å². The molecule has 14 heavy (non-hydrogen) atoms. The van der Waals surface area contributed by atoms with Gasteiger partial charge in [0.1, 0.15) is 0 Å². The van der Waals surface area contributed by atoms with Crippen LogP contribution in [-0.2, 0) is 5.54 Å². The van der Waals surface area contributed by atoms with Crippen LogP contribution in [-0.4, -0.2) is 15.6 Å². The summed E-state index contributed by atoms with van der Waals surface area (Å²) in [6.07, 6.45) is 0. The van der Waals surface area contributed by atoms with Crippen LogP contribution in [0.3, 0.4) is 0 Å². The van der Waals surface area contributed by atoms with Gasteiger partial charge in [0.25, 0.3) is 0 Å². The fourth-order valence-corrected chi connectivity index (χ4v) is 2.97. The van der Waals surface area contributed by atoms with Crippen molar-refractivity contribution in [3.63, 3.8) is 0 Å². The second-order valence-corrected chi connectivity index (χ2v) is 5.90. The molecule has 0 aromatic heterocycles. The molecule has 1 aromatic carbocycles. The highest BCUT2D eigenvalue weighted by molar-refractivity contribution is 6.35. The van der Waals surface area contributed by atoms with Crippen LogP contribution in [0.15, 0.2) is 30.3 Å². The lowest BCUT2D eigenvalue weighted by atomic mass is 9.96. The van der Waals surface area contributed by atoms with Crippen molar-refractivity contribution in [3.05, 3.63) is 35.9 Å². The monoisotopic (exact) mass is 227 g/mol. The minimum Gasteiger partial charge on any atom is -0.334 e. The minimum atomic E-state index is -0.219. The Labute approximate surface area is 93.8 Å². The summed E-state index contributed by atoms with van der Waals surface area (Å²) in [6, 6.07) is 11.7. The Hall–Kier alpha value is -0.313. The molecule has 1 N–H and O–H groups in total. The Bertz CT molecular complexity index is 261. The van der Waals surface area contributed by atoms with Gasteiger partial charge < -0.3 is 4.98 Å². The van der Waals surface area contributed by atoms with Crippen LogP contribution in [0, 0.1) is 0 Å². The molecule has 0 saturated carbocycles. The zero-order valence-electron chi connectivity index (χ0n) is 8.89. The third-order valence-corrected chi connectivity index (χ3v) is 4.93. The summed E-state index contributed by atoms with van der Waals surface area (Å²) in [4.78, 5) is 3.63. The number of hydrogen-bond acceptors (Lipinski definition) is 1. The van der Waals surface area contributed by atoms with Gasteiger partial charge in [-0.15, -0.1) is 11.6 Å². The van der Waals surface area contributed by atoms with Gasteiger partial charge in [-0.25, -0.2) is 0 Å². The van der Waals surface area contributed by atoms with Gasteiger partial charge in [-0.2, -0.15) is 0 Å². The number of hydrogen-bond donors (Lipinski definition) is 1. The first-order valence-corrected chi connectivity index (χ1v) is 7.27. The van der Waals surface area contributed by atoms with Gasteiger partial charge in [0, 0.05) is 11.4 Å². The quantitative estimate of drug-likeness (QED) is 0.462. The van der Waals surface area contributed by atoms with Crippen molar-refractivity contribution in [2.75, 3.05) is 5.88 Å². The number of alkyl halides is 1. The van der Waals surface area contributed by atoms with E-state index in [0.29, 0.717) is 0 Å². The highest BCUT2D eigenvalue weighted by Crippen LogP contribution is 2.18. The molecule has 0 aliphatic heterocycles. The van der Waals surface area contributed by atoms with Crippen LogP contribution in [0.2, 0.25) is 6.04 Å². The minimum absolute atomic E-state index is 0.0968. The number of rotatable bonds is 5. The van der Waals surface area contributed by atoms with Crippen LogP contribution < -0.4 is 4.98 Å². The van der Waals surface area contributed by atoms with Gasteiger partial charge in [-0.1, -0.05) is 30.3 Å². The number of halogens is 1. The van der Waals surface area contributed by atoms with E-state index < -0.39 is 0 Å². The molecule has 3 heteroatoms. The zero-order chi connectivity index (χ0) is 10.4. The number of nitrogens with one attached hydrogen (secondary N) is 1. The predicted octanol–water partition coefficient (Wildman–Crippen LogP) is 2.25. The summed E-state index contributed by atoms with van der Waals surface area (Å²) in [5, 5.41) is 0. The fourth-order valence-electron chi connectivity index (χ4n) is 1.42. The third-order valence-electron chi connectivity index (χ3n) is 2.37. The first-order chi connectivity index (χ1) is 6.67. The molecule has 0 unspecified atom stereocenters. The molecule has 0 atom stereocenters. The molecule has 0 spiro atoms. The van der Waals surface area contributed by atoms with Gasteiger partial charge >= 0.3 is 0 Å². The van der Waals surface area contributed by atoms with Crippen molar-refractivity contribution in [2.24, 2.45) is 0 Å². The molecule has 0 saturated heterocycles. The average Bonchev–Trinajstić information content (AvgIpc) is 2.19. The van der Waals surface area contributed by atoms with E-state index >= 15 is 0 Å². The maximum absolute atomic E-state index is 5.67. The van der Waals surface area contributed by atoms with Crippen molar-refractivity contribution in [3.8, 4) is 0 Å². The molecule has 1 rings (SSSR count). The Morgan fingerprint density at radius 3 is 2.50 bits per heavy atom. The third kappa shape index (κ3) is 3.44. The topological polar surface area (TPSA) is 12.0 Å². The summed E-state index contributed by atoms with van der Waals surface area (Å²) in [5.74, 6) is 0.782. The lowest BCUT2D eigenvalue weighted by Gasteiger charge is -2.27. The smallest absolute Gasteiger partial charge is 0.0937 e. The molecule has 1 aromatic rings. The Morgan fingerprint density at radius 1 is 1.29 bits per heavy atom. The predicted molar refractivity (Wildman–Crippen MR) is 66.7 cm³/mol. The van der Waals surface area contributed by atoms with Gasteiger partial charge in [0.05, 0.1) is 9.68 Å². The van der Waals surface area contributed by atoms with E-state index in [0.717, 1.165) is 11.9 Å². The highest BCUT2D eigenvalue weighted by atomic mass is 35.5. The van der Waals surface area contributed by atoms with E-state index in [1.54, 1.807) is 0 Å². The molecule has 1 nitrogen and oxygen atoms in total. The standard InChI is InChI=1S/C11H18ClNSi/c1-11(2,13-14-9-8-12)10-6-4-3-5-7-10/h3-7,13H,8-9,14H2,1-2H3. The van der Waals surface area contributed by atoms with Crippen LogP contribution in [0.1, 0.15) is 19.4 Å². The maximum Gasteiger partial charge on any atom is 0.0937 e. The fraction of sp³-hybridized carbons (Fsp3) is 0.455. The maximum atomic E-state index is 5.67. The van der Waals surface area contributed by atoms with E-state index in [9.17, 15) is 0 Å². The highest BCUT2D eigenvalue weighted by Gasteiger charge is 2.17. The van der Waals surface area contributed by atoms with Crippen LogP contribution in [0.4, 0.5) is 0 Å². The summed E-state index contributed by atoms with van der Waals surface area (Å²) < 4.78 is 0. The van der Waals surface area contributed by atoms with E-state index in [1.807, 2.05) is 0 Å². The Kier molecular flexibility index (Phi) is 4.65. The molecule has 0 amide bonds. The molecule has 0 fully saturated rings. The van der Waals surface area contributed by atoms with Crippen molar-refractivity contribution < 1.29 is 0 Å². The summed E-state index contributed by atoms with van der Waals surface area (Å²) in [5.41, 5.74) is 1.45. The Morgan fingerprint density at radius 2 is 1.93 bits per heavy atom. The average molecular weight is 228 g/mol. The second kappa shape index (κ2) is 5.54. The van der Waals surface area contributed by atoms with Crippen molar-refractivity contribution >= 4 is 21.3 Å². The van der Waals surface area contributed by atoms with Crippen molar-refractivity contribution in [1.29, 1.82) is 0 Å². The van der Waals surface area contributed by atoms with Gasteiger partial charge in [-0.3, -0.25) is 0 Å². The normalized spacial score (nSPS) is 12.5. The second-order valence-electron chi connectivity index (χ2n) is 3.96. The molecule has 0 heterocycles. The number of benzene rings is 1. The van der Waals surface area contributed by atoms with E-state index in [4.69, 9.17) is 11.6 Å². The molecular formula is C11H18ClNSi. The van der Waals surface area contributed by atoms with Crippen LogP contribution >= 0.6 is 11.6 Å². The van der Waals surface area contributed by atoms with Gasteiger partial charge in [0.15, 0.2) is 0 Å². The molecule has 0 aliphatic carbocycles. The zero-order valence-corrected chi connectivity index (χ0v) is 11.1. The Balaban J connectivity index is 2.56. The summed E-state index contributed by atoms with van der Waals surface area (Å²) in [7, 11) is -0.219. The van der Waals surface area contributed by atoms with Crippen molar-refractivity contribution in [1.82, 2.24) is 4.98 Å². The SMILES string of the molecule is CC(C)(N[SiH2]CCCl)c1ccccc1. The first kappa shape index (κ1) is 11.8. The molecule has 0 aliphatic rings. The van der Waals surface area contributed by atoms with Gasteiger partial charge in [0.2, 0.25) is 0 Å². The molecule has 0 bridgehead atoms. The van der Waals surface area contributed by atoms with E-state index in [-0.39, 0.29) is 15.2 Å². The summed E-state index contributed by atoms with van der Waals surface area (Å²) >= 11 is 5.67. The van der Waals surface area contributed by atoms with Crippen LogP contribution in [0.25, 0.3) is 0 Å². The van der Waals surface area contributed by atoms with Crippen molar-refractivity contribution in [2.45, 2.75) is 25.4 Å². The van der Waals surface area contributed by atoms with E-state index in [2.05, 4.69) is 49.2 Å². The first-order valence-electron chi connectivity index (χ1n) is 5.03. The molecule has 0 radical (unpaired) electrons. The lowest BCUT2D eigenvalue weighted by molar-refractivity contribution is 0.497. The summed E-state index contributed by atoms with van der Waals surface area (Å²) in [6.45, 7) is 4.45. The van der Waals surface area contributed by atoms with Crippen LogP contribution in [0.5, 0.6) is 0 Å². The molecule has 78 valence electrons.